The first-order valence-electron chi connectivity index (χ1n) is 7.24. The Hall–Kier alpha value is -0.450. The first kappa shape index (κ1) is 16.6. The molecule has 1 aromatic rings. The molecule has 4 heteroatoms. The Labute approximate surface area is 121 Å². The molecule has 0 aliphatic heterocycles. The number of thiazole rings is 1. The van der Waals surface area contributed by atoms with Crippen molar-refractivity contribution in [1.29, 1.82) is 0 Å². The van der Waals surface area contributed by atoms with E-state index in [9.17, 15) is 0 Å². The third-order valence-corrected chi connectivity index (χ3v) is 4.09. The summed E-state index contributed by atoms with van der Waals surface area (Å²) in [5.74, 6) is 1.09. The second-order valence-electron chi connectivity index (χ2n) is 5.67. The third kappa shape index (κ3) is 4.86. The zero-order valence-electron chi connectivity index (χ0n) is 13.1. The van der Waals surface area contributed by atoms with Crippen LogP contribution in [-0.2, 0) is 17.7 Å². The van der Waals surface area contributed by atoms with Gasteiger partial charge in [-0.15, -0.1) is 11.3 Å². The molecule has 0 aliphatic carbocycles. The molecule has 1 unspecified atom stereocenters. The van der Waals surface area contributed by atoms with Crippen LogP contribution in [0.3, 0.4) is 0 Å². The van der Waals surface area contributed by atoms with Crippen LogP contribution in [0.15, 0.2) is 0 Å². The molecule has 3 nitrogen and oxygen atoms in total. The number of hydrogen-bond acceptors (Lipinski definition) is 4. The molecule has 1 atom stereocenters. The van der Waals surface area contributed by atoms with Crippen LogP contribution < -0.4 is 5.32 Å². The number of hydrogen-bond donors (Lipinski definition) is 1. The van der Waals surface area contributed by atoms with Gasteiger partial charge in [0.15, 0.2) is 0 Å². The average molecular weight is 284 g/mol. The quantitative estimate of drug-likeness (QED) is 0.788. The van der Waals surface area contributed by atoms with Crippen molar-refractivity contribution in [1.82, 2.24) is 10.3 Å². The third-order valence-electron chi connectivity index (χ3n) is 2.93. The molecule has 0 bridgehead atoms. The van der Waals surface area contributed by atoms with Crippen molar-refractivity contribution in [2.45, 2.75) is 53.7 Å². The van der Waals surface area contributed by atoms with E-state index in [1.54, 1.807) is 11.3 Å². The van der Waals surface area contributed by atoms with Gasteiger partial charge in [0.2, 0.25) is 0 Å². The van der Waals surface area contributed by atoms with Gasteiger partial charge in [-0.2, -0.15) is 0 Å². The molecular formula is C15H28N2OS. The van der Waals surface area contributed by atoms with Crippen LogP contribution in [0.5, 0.6) is 0 Å². The van der Waals surface area contributed by atoms with Gasteiger partial charge in [0.05, 0.1) is 5.69 Å². The first-order chi connectivity index (χ1) is 8.99. The predicted octanol–water partition coefficient (Wildman–Crippen LogP) is 3.79. The molecule has 0 amide bonds. The predicted molar refractivity (Wildman–Crippen MR) is 82.6 cm³/mol. The van der Waals surface area contributed by atoms with E-state index in [-0.39, 0.29) is 6.10 Å². The molecule has 1 aromatic heterocycles. The smallest absolute Gasteiger partial charge is 0.122 e. The minimum Gasteiger partial charge on any atom is -0.371 e. The lowest BCUT2D eigenvalue weighted by molar-refractivity contribution is 0.0292. The summed E-state index contributed by atoms with van der Waals surface area (Å²) >= 11 is 1.80. The van der Waals surface area contributed by atoms with Crippen LogP contribution in [0.2, 0.25) is 0 Å². The highest BCUT2D eigenvalue weighted by atomic mass is 32.1. The second kappa shape index (κ2) is 7.98. The fourth-order valence-electron chi connectivity index (χ4n) is 2.10. The highest BCUT2D eigenvalue weighted by molar-refractivity contribution is 7.11. The fraction of sp³-hybridized carbons (Fsp3) is 0.800. The van der Waals surface area contributed by atoms with Crippen molar-refractivity contribution in [3.05, 3.63) is 15.6 Å². The lowest BCUT2D eigenvalue weighted by atomic mass is 10.1. The molecule has 0 radical (unpaired) electrons. The van der Waals surface area contributed by atoms with E-state index in [4.69, 9.17) is 9.72 Å². The summed E-state index contributed by atoms with van der Waals surface area (Å²) in [5.41, 5.74) is 1.25. The second-order valence-corrected chi connectivity index (χ2v) is 6.79. The molecule has 1 rings (SSSR count). The Morgan fingerprint density at radius 2 is 1.95 bits per heavy atom. The van der Waals surface area contributed by atoms with E-state index < -0.39 is 0 Å². The maximum atomic E-state index is 5.87. The van der Waals surface area contributed by atoms with Gasteiger partial charge in [0.1, 0.15) is 11.1 Å². The summed E-state index contributed by atoms with van der Waals surface area (Å²) in [4.78, 5) is 6.22. The van der Waals surface area contributed by atoms with Crippen molar-refractivity contribution < 1.29 is 4.74 Å². The van der Waals surface area contributed by atoms with Gasteiger partial charge in [0, 0.05) is 18.0 Å². The van der Waals surface area contributed by atoms with Crippen molar-refractivity contribution in [3.8, 4) is 0 Å². The van der Waals surface area contributed by atoms with Crippen molar-refractivity contribution in [2.24, 2.45) is 11.8 Å². The van der Waals surface area contributed by atoms with Crippen LogP contribution in [0.4, 0.5) is 0 Å². The summed E-state index contributed by atoms with van der Waals surface area (Å²) < 4.78 is 5.87. The topological polar surface area (TPSA) is 34.1 Å². The van der Waals surface area contributed by atoms with E-state index in [2.05, 4.69) is 33.0 Å². The molecule has 1 N–H and O–H groups in total. The van der Waals surface area contributed by atoms with Crippen molar-refractivity contribution in [3.63, 3.8) is 0 Å². The summed E-state index contributed by atoms with van der Waals surface area (Å²) in [6, 6.07) is 0. The molecule has 19 heavy (non-hydrogen) atoms. The zero-order chi connectivity index (χ0) is 14.4. The minimum atomic E-state index is 0.131. The van der Waals surface area contributed by atoms with Crippen molar-refractivity contribution in [2.75, 3.05) is 13.7 Å². The van der Waals surface area contributed by atoms with Gasteiger partial charge in [0.25, 0.3) is 0 Å². The standard InChI is InChI=1S/C15H28N2OS/c1-7-18-14(11(4)5)15-17-12(8-10(2)3)13(19-15)9-16-6/h10-11,14,16H,7-9H2,1-6H3. The first-order valence-corrected chi connectivity index (χ1v) is 8.05. The van der Waals surface area contributed by atoms with Gasteiger partial charge in [-0.05, 0) is 32.2 Å². The molecule has 0 saturated carbocycles. The molecule has 0 fully saturated rings. The van der Waals surface area contributed by atoms with Gasteiger partial charge in [-0.3, -0.25) is 0 Å². The van der Waals surface area contributed by atoms with Gasteiger partial charge < -0.3 is 10.1 Å². The van der Waals surface area contributed by atoms with E-state index in [0.29, 0.717) is 11.8 Å². The van der Waals surface area contributed by atoms with E-state index >= 15 is 0 Å². The fourth-order valence-corrected chi connectivity index (χ4v) is 3.43. The molecule has 0 saturated heterocycles. The SMILES string of the molecule is CCOC(c1nc(CC(C)C)c(CNC)s1)C(C)C. The lowest BCUT2D eigenvalue weighted by Gasteiger charge is -2.18. The number of aromatic nitrogens is 1. The Morgan fingerprint density at radius 1 is 1.26 bits per heavy atom. The van der Waals surface area contributed by atoms with Gasteiger partial charge in [-0.1, -0.05) is 27.7 Å². The number of rotatable bonds is 8. The van der Waals surface area contributed by atoms with Crippen LogP contribution >= 0.6 is 11.3 Å². The maximum Gasteiger partial charge on any atom is 0.122 e. The van der Waals surface area contributed by atoms with Gasteiger partial charge >= 0.3 is 0 Å². The van der Waals surface area contributed by atoms with Crippen LogP contribution in [0, 0.1) is 11.8 Å². The molecule has 0 spiro atoms. The maximum absolute atomic E-state index is 5.87. The highest BCUT2D eigenvalue weighted by Crippen LogP contribution is 2.32. The molecule has 0 aromatic carbocycles. The van der Waals surface area contributed by atoms with Crippen LogP contribution in [0.1, 0.15) is 56.3 Å². The Bertz CT molecular complexity index is 374. The Morgan fingerprint density at radius 3 is 2.42 bits per heavy atom. The summed E-state index contributed by atoms with van der Waals surface area (Å²) in [6.45, 7) is 12.6. The zero-order valence-corrected chi connectivity index (χ0v) is 13.9. The van der Waals surface area contributed by atoms with Gasteiger partial charge in [-0.25, -0.2) is 4.98 Å². The van der Waals surface area contributed by atoms with Crippen molar-refractivity contribution >= 4 is 11.3 Å². The number of ether oxygens (including phenoxy) is 1. The van der Waals surface area contributed by atoms with Crippen LogP contribution in [-0.4, -0.2) is 18.6 Å². The lowest BCUT2D eigenvalue weighted by Crippen LogP contribution is -2.11. The molecular weight excluding hydrogens is 256 g/mol. The highest BCUT2D eigenvalue weighted by Gasteiger charge is 2.22. The Kier molecular flexibility index (Phi) is 6.97. The normalized spacial score (nSPS) is 13.5. The Balaban J connectivity index is 3.00. The largest absolute Gasteiger partial charge is 0.371 e. The number of nitrogens with zero attached hydrogens (tertiary/aromatic N) is 1. The molecule has 1 heterocycles. The summed E-state index contributed by atoms with van der Waals surface area (Å²) in [5, 5.41) is 4.38. The number of nitrogens with one attached hydrogen (secondary N) is 1. The summed E-state index contributed by atoms with van der Waals surface area (Å²) in [6.07, 6.45) is 1.18. The van der Waals surface area contributed by atoms with E-state index in [0.717, 1.165) is 24.6 Å². The summed E-state index contributed by atoms with van der Waals surface area (Å²) in [7, 11) is 1.99. The van der Waals surface area contributed by atoms with E-state index in [1.165, 1.54) is 10.6 Å². The van der Waals surface area contributed by atoms with Crippen LogP contribution in [0.25, 0.3) is 0 Å². The van der Waals surface area contributed by atoms with E-state index in [1.807, 2.05) is 14.0 Å². The average Bonchev–Trinajstić information content (AvgIpc) is 2.68. The monoisotopic (exact) mass is 284 g/mol. The minimum absolute atomic E-state index is 0.131. The molecule has 110 valence electrons. The molecule has 0 aliphatic rings.